The molecule has 0 radical (unpaired) electrons. The van der Waals surface area contributed by atoms with Gasteiger partial charge in [0.1, 0.15) is 11.2 Å². The summed E-state index contributed by atoms with van der Waals surface area (Å²) in [6.45, 7) is 3.42. The first kappa shape index (κ1) is 21.0. The van der Waals surface area contributed by atoms with E-state index in [0.717, 1.165) is 0 Å². The molecule has 1 fully saturated rings. The van der Waals surface area contributed by atoms with Gasteiger partial charge in [-0.05, 0) is 31.9 Å². The first-order valence-corrected chi connectivity index (χ1v) is 10.5. The Hall–Kier alpha value is -3.20. The number of carbonyl (C=O) groups is 2. The van der Waals surface area contributed by atoms with Crippen LogP contribution in [0.2, 0.25) is 5.02 Å². The lowest BCUT2D eigenvalue weighted by Crippen LogP contribution is -2.46. The van der Waals surface area contributed by atoms with Crippen LogP contribution in [0, 0.1) is 0 Å². The summed E-state index contributed by atoms with van der Waals surface area (Å²) in [5, 5.41) is 7.61. The predicted octanol–water partition coefficient (Wildman–Crippen LogP) is 2.45. The maximum atomic E-state index is 13.0. The van der Waals surface area contributed by atoms with E-state index in [1.807, 2.05) is 6.92 Å². The average Bonchev–Trinajstić information content (AvgIpc) is 3.14. The van der Waals surface area contributed by atoms with Crippen molar-refractivity contribution in [3.8, 4) is 5.88 Å². The number of benzene rings is 1. The first-order valence-electron chi connectivity index (χ1n) is 10.1. The first-order chi connectivity index (χ1) is 15.0. The van der Waals surface area contributed by atoms with Crippen LogP contribution in [0.15, 0.2) is 30.6 Å². The Morgan fingerprint density at radius 3 is 2.68 bits per heavy atom. The zero-order valence-corrected chi connectivity index (χ0v) is 18.1. The molecule has 4 rings (SSSR count). The van der Waals surface area contributed by atoms with Crippen molar-refractivity contribution >= 4 is 34.4 Å². The Kier molecular flexibility index (Phi) is 6.03. The fourth-order valence-electron chi connectivity index (χ4n) is 3.70. The third-order valence-electron chi connectivity index (χ3n) is 5.27. The smallest absolute Gasteiger partial charge is 0.269 e. The minimum absolute atomic E-state index is 0.0203. The number of nitrogens with one attached hydrogen (secondary N) is 1. The lowest BCUT2D eigenvalue weighted by Gasteiger charge is -2.32. The Morgan fingerprint density at radius 1 is 1.19 bits per heavy atom. The van der Waals surface area contributed by atoms with Gasteiger partial charge in [-0.15, -0.1) is 5.10 Å². The predicted molar refractivity (Wildman–Crippen MR) is 115 cm³/mol. The minimum atomic E-state index is -0.203. The maximum Gasteiger partial charge on any atom is 0.269 e. The van der Waals surface area contributed by atoms with Gasteiger partial charge in [0.15, 0.2) is 0 Å². The van der Waals surface area contributed by atoms with Crippen LogP contribution in [0.25, 0.3) is 11.0 Å². The van der Waals surface area contributed by atoms with Crippen LogP contribution in [0.4, 0.5) is 0 Å². The van der Waals surface area contributed by atoms with Gasteiger partial charge in [-0.25, -0.2) is 0 Å². The molecule has 2 aromatic heterocycles. The van der Waals surface area contributed by atoms with Crippen LogP contribution < -0.4 is 10.1 Å². The van der Waals surface area contributed by atoms with Crippen LogP contribution in [0.1, 0.15) is 40.6 Å². The number of likely N-dealkylation sites (tertiary alicyclic amines) is 1. The Morgan fingerprint density at radius 2 is 1.94 bits per heavy atom. The van der Waals surface area contributed by atoms with E-state index in [4.69, 9.17) is 16.3 Å². The Balaban J connectivity index is 1.37. The van der Waals surface area contributed by atoms with Crippen molar-refractivity contribution in [2.75, 3.05) is 19.7 Å². The van der Waals surface area contributed by atoms with Crippen molar-refractivity contribution in [3.05, 3.63) is 46.9 Å². The van der Waals surface area contributed by atoms with Gasteiger partial charge in [0.25, 0.3) is 11.8 Å². The highest BCUT2D eigenvalue weighted by molar-refractivity contribution is 6.35. The second-order valence-electron chi connectivity index (χ2n) is 7.35. The minimum Gasteiger partial charge on any atom is -0.477 e. The molecule has 0 bridgehead atoms. The highest BCUT2D eigenvalue weighted by Crippen LogP contribution is 2.24. The van der Waals surface area contributed by atoms with E-state index in [2.05, 4.69) is 20.4 Å². The molecule has 9 nitrogen and oxygen atoms in total. The molecule has 1 aliphatic rings. The third-order valence-corrected chi connectivity index (χ3v) is 5.56. The van der Waals surface area contributed by atoms with E-state index >= 15 is 0 Å². The standard InChI is InChI=1S/C21H23ClN6O3/c1-3-31-18-12-17(27(2)26-18)20(29)25-14-4-8-28(9-5-14)21(30)13-10-15(22)19-16(11-13)23-6-7-24-19/h6-7,10-12,14H,3-5,8-9H2,1-2H3,(H,25,29). The molecule has 31 heavy (non-hydrogen) atoms. The van der Waals surface area contributed by atoms with E-state index in [1.165, 1.54) is 4.68 Å². The van der Waals surface area contributed by atoms with Gasteiger partial charge >= 0.3 is 0 Å². The fourth-order valence-corrected chi connectivity index (χ4v) is 3.96. The molecule has 1 aliphatic heterocycles. The van der Waals surface area contributed by atoms with Crippen molar-refractivity contribution in [1.29, 1.82) is 0 Å². The van der Waals surface area contributed by atoms with Crippen molar-refractivity contribution in [2.45, 2.75) is 25.8 Å². The van der Waals surface area contributed by atoms with Crippen LogP contribution in [-0.2, 0) is 7.05 Å². The number of aryl methyl sites for hydroxylation is 1. The van der Waals surface area contributed by atoms with Crippen molar-refractivity contribution in [1.82, 2.24) is 30.0 Å². The van der Waals surface area contributed by atoms with Crippen LogP contribution in [0.5, 0.6) is 5.88 Å². The third kappa shape index (κ3) is 4.46. The van der Waals surface area contributed by atoms with Crippen molar-refractivity contribution < 1.29 is 14.3 Å². The van der Waals surface area contributed by atoms with Gasteiger partial charge in [0.05, 0.1) is 17.1 Å². The maximum absolute atomic E-state index is 13.0. The van der Waals surface area contributed by atoms with Gasteiger partial charge in [-0.1, -0.05) is 11.6 Å². The van der Waals surface area contributed by atoms with E-state index in [1.54, 1.807) is 42.5 Å². The molecular weight excluding hydrogens is 420 g/mol. The van der Waals surface area contributed by atoms with E-state index in [-0.39, 0.29) is 17.9 Å². The summed E-state index contributed by atoms with van der Waals surface area (Å²) in [6, 6.07) is 4.95. The second-order valence-corrected chi connectivity index (χ2v) is 7.75. The summed E-state index contributed by atoms with van der Waals surface area (Å²) in [6.07, 6.45) is 4.46. The molecule has 0 aliphatic carbocycles. The lowest BCUT2D eigenvalue weighted by atomic mass is 10.0. The molecule has 2 amide bonds. The highest BCUT2D eigenvalue weighted by atomic mass is 35.5. The number of nitrogens with zero attached hydrogens (tertiary/aromatic N) is 5. The number of piperidine rings is 1. The lowest BCUT2D eigenvalue weighted by molar-refractivity contribution is 0.0697. The largest absolute Gasteiger partial charge is 0.477 e. The zero-order valence-electron chi connectivity index (χ0n) is 17.3. The number of ether oxygens (including phenoxy) is 1. The number of hydrogen-bond acceptors (Lipinski definition) is 6. The Labute approximate surface area is 184 Å². The number of fused-ring (bicyclic) bond motifs is 1. The van der Waals surface area contributed by atoms with Crippen LogP contribution >= 0.6 is 11.6 Å². The zero-order chi connectivity index (χ0) is 22.0. The van der Waals surface area contributed by atoms with Crippen LogP contribution in [0.3, 0.4) is 0 Å². The Bertz CT molecular complexity index is 1120. The summed E-state index contributed by atoms with van der Waals surface area (Å²) in [7, 11) is 1.71. The number of carbonyl (C=O) groups excluding carboxylic acids is 2. The molecule has 3 aromatic rings. The van der Waals surface area contributed by atoms with E-state index in [9.17, 15) is 9.59 Å². The topological polar surface area (TPSA) is 102 Å². The average molecular weight is 443 g/mol. The van der Waals surface area contributed by atoms with Crippen molar-refractivity contribution in [3.63, 3.8) is 0 Å². The molecule has 1 saturated heterocycles. The quantitative estimate of drug-likeness (QED) is 0.651. The summed E-state index contributed by atoms with van der Waals surface area (Å²) < 4.78 is 6.86. The molecule has 0 unspecified atom stereocenters. The second kappa shape index (κ2) is 8.89. The molecule has 10 heteroatoms. The number of aromatic nitrogens is 4. The summed E-state index contributed by atoms with van der Waals surface area (Å²) in [5.41, 5.74) is 2.08. The van der Waals surface area contributed by atoms with Gasteiger partial charge in [0.2, 0.25) is 5.88 Å². The summed E-state index contributed by atoms with van der Waals surface area (Å²) in [4.78, 5) is 35.8. The highest BCUT2D eigenvalue weighted by Gasteiger charge is 2.26. The van der Waals surface area contributed by atoms with Crippen molar-refractivity contribution in [2.24, 2.45) is 7.05 Å². The number of halogens is 1. The SMILES string of the molecule is CCOc1cc(C(=O)NC2CCN(C(=O)c3cc(Cl)c4nccnc4c3)CC2)n(C)n1. The molecule has 1 aromatic carbocycles. The molecule has 0 spiro atoms. The number of hydrogen-bond donors (Lipinski definition) is 1. The van der Waals surface area contributed by atoms with Gasteiger partial charge in [-0.2, -0.15) is 0 Å². The van der Waals surface area contributed by atoms with Gasteiger partial charge in [-0.3, -0.25) is 24.2 Å². The van der Waals surface area contributed by atoms with Crippen LogP contribution in [-0.4, -0.2) is 62.2 Å². The summed E-state index contributed by atoms with van der Waals surface area (Å²) >= 11 is 6.28. The molecule has 1 N–H and O–H groups in total. The molecule has 162 valence electrons. The number of amides is 2. The molecular formula is C21H23ClN6O3. The van der Waals surface area contributed by atoms with Gasteiger partial charge < -0.3 is 15.0 Å². The normalized spacial score (nSPS) is 14.6. The van der Waals surface area contributed by atoms with E-state index < -0.39 is 0 Å². The monoisotopic (exact) mass is 442 g/mol. The molecule has 0 atom stereocenters. The van der Waals surface area contributed by atoms with E-state index in [0.29, 0.717) is 65.7 Å². The molecule has 0 saturated carbocycles. The number of rotatable bonds is 5. The van der Waals surface area contributed by atoms with Gasteiger partial charge in [0, 0.05) is 50.2 Å². The fraction of sp³-hybridized carbons (Fsp3) is 0.381. The summed E-state index contributed by atoms with van der Waals surface area (Å²) in [5.74, 6) is 0.118. The molecule has 3 heterocycles.